The summed E-state index contributed by atoms with van der Waals surface area (Å²) >= 11 is 0.934. The molecule has 5 nitrogen and oxygen atoms in total. The van der Waals surface area contributed by atoms with Crippen molar-refractivity contribution in [3.63, 3.8) is 0 Å². The Balaban J connectivity index is 2.94. The molecule has 0 spiro atoms. The lowest BCUT2D eigenvalue weighted by atomic mass is 10.3. The number of nitrogens with zero attached hydrogens (tertiary/aromatic N) is 1. The molecule has 0 unspecified atom stereocenters. The zero-order valence-corrected chi connectivity index (χ0v) is 10.9. The molecule has 90 valence electrons. The number of aromatic carboxylic acids is 1. The van der Waals surface area contributed by atoms with E-state index in [0.717, 1.165) is 11.3 Å². The minimum absolute atomic E-state index is 0.0842. The molecule has 0 aliphatic heterocycles. The van der Waals surface area contributed by atoms with Crippen molar-refractivity contribution in [1.29, 1.82) is 0 Å². The molecule has 1 heterocycles. The van der Waals surface area contributed by atoms with Crippen molar-refractivity contribution in [3.8, 4) is 0 Å². The van der Waals surface area contributed by atoms with Crippen LogP contribution in [0.3, 0.4) is 0 Å². The van der Waals surface area contributed by atoms with Gasteiger partial charge < -0.3 is 5.11 Å². The summed E-state index contributed by atoms with van der Waals surface area (Å²) in [7, 11) is -3.31. The molecule has 0 aliphatic carbocycles. The molecule has 0 fully saturated rings. The Bertz CT molecular complexity index is 496. The van der Waals surface area contributed by atoms with Gasteiger partial charge in [-0.25, -0.2) is 18.2 Å². The summed E-state index contributed by atoms with van der Waals surface area (Å²) in [6.45, 7) is 4.81. The van der Waals surface area contributed by atoms with Gasteiger partial charge in [0.1, 0.15) is 0 Å². The third kappa shape index (κ3) is 2.79. The number of carbonyl (C=O) groups is 1. The van der Waals surface area contributed by atoms with Crippen LogP contribution in [0, 0.1) is 0 Å². The Hall–Kier alpha value is -0.950. The molecule has 0 bridgehead atoms. The van der Waals surface area contributed by atoms with Crippen molar-refractivity contribution in [2.45, 2.75) is 31.3 Å². The molecule has 0 radical (unpaired) electrons. The van der Waals surface area contributed by atoms with Crippen LogP contribution >= 0.6 is 11.3 Å². The van der Waals surface area contributed by atoms with Crippen molar-refractivity contribution in [1.82, 2.24) is 4.98 Å². The van der Waals surface area contributed by atoms with Crippen LogP contribution in [-0.4, -0.2) is 29.2 Å². The van der Waals surface area contributed by atoms with Gasteiger partial charge in [-0.3, -0.25) is 0 Å². The fourth-order valence-electron chi connectivity index (χ4n) is 0.883. The normalized spacial score (nSPS) is 12.7. The second-order valence-electron chi connectivity index (χ2n) is 4.32. The third-order valence-corrected chi connectivity index (χ3v) is 5.43. The van der Waals surface area contributed by atoms with Gasteiger partial charge in [0.05, 0.1) is 16.2 Å². The summed E-state index contributed by atoms with van der Waals surface area (Å²) in [5, 5.41) is 10.0. The van der Waals surface area contributed by atoms with Gasteiger partial charge in [0, 0.05) is 5.38 Å². The largest absolute Gasteiger partial charge is 0.476 e. The Labute approximate surface area is 98.1 Å². The fourth-order valence-corrected chi connectivity index (χ4v) is 2.61. The molecule has 0 amide bonds. The van der Waals surface area contributed by atoms with Gasteiger partial charge in [-0.1, -0.05) is 0 Å². The number of carboxylic acids is 1. The van der Waals surface area contributed by atoms with Crippen LogP contribution in [0.5, 0.6) is 0 Å². The van der Waals surface area contributed by atoms with Crippen LogP contribution in [0.2, 0.25) is 0 Å². The van der Waals surface area contributed by atoms with Crippen molar-refractivity contribution in [3.05, 3.63) is 16.1 Å². The van der Waals surface area contributed by atoms with E-state index >= 15 is 0 Å². The van der Waals surface area contributed by atoms with Crippen molar-refractivity contribution in [2.75, 3.05) is 0 Å². The Kier molecular flexibility index (Phi) is 3.39. The maximum absolute atomic E-state index is 11.8. The zero-order chi connectivity index (χ0) is 12.6. The smallest absolute Gasteiger partial charge is 0.365 e. The molecule has 1 aromatic rings. The van der Waals surface area contributed by atoms with Crippen LogP contribution in [0.1, 0.15) is 36.3 Å². The first-order chi connectivity index (χ1) is 7.13. The van der Waals surface area contributed by atoms with Gasteiger partial charge in [0.15, 0.2) is 9.84 Å². The predicted octanol–water partition coefficient (Wildman–Crippen LogP) is 1.55. The second kappa shape index (κ2) is 4.14. The standard InChI is InChI=1S/C9H13NO4S2/c1-9(2,3)16(13,14)5-6-4-15-7(10-6)8(11)12/h4H,5H2,1-3H3,(H,11,12). The number of hydrogen-bond donors (Lipinski definition) is 1. The summed E-state index contributed by atoms with van der Waals surface area (Å²) in [5.74, 6) is -1.36. The van der Waals surface area contributed by atoms with Crippen LogP contribution in [-0.2, 0) is 15.6 Å². The lowest BCUT2D eigenvalue weighted by molar-refractivity contribution is 0.0696. The summed E-state index contributed by atoms with van der Waals surface area (Å²) in [5.41, 5.74) is 0.289. The average Bonchev–Trinajstić information content (AvgIpc) is 2.49. The maximum atomic E-state index is 11.8. The maximum Gasteiger partial charge on any atom is 0.365 e. The van der Waals surface area contributed by atoms with Gasteiger partial charge in [-0.05, 0) is 20.8 Å². The van der Waals surface area contributed by atoms with Gasteiger partial charge in [0.2, 0.25) is 5.01 Å². The molecule has 16 heavy (non-hydrogen) atoms. The van der Waals surface area contributed by atoms with E-state index in [0.29, 0.717) is 0 Å². The van der Waals surface area contributed by atoms with E-state index in [-0.39, 0.29) is 16.5 Å². The molecule has 0 aromatic carbocycles. The minimum atomic E-state index is -3.31. The average molecular weight is 263 g/mol. The molecule has 0 atom stereocenters. The van der Waals surface area contributed by atoms with E-state index in [9.17, 15) is 13.2 Å². The Morgan fingerprint density at radius 3 is 2.44 bits per heavy atom. The molecule has 1 aromatic heterocycles. The van der Waals surface area contributed by atoms with Crippen molar-refractivity contribution in [2.24, 2.45) is 0 Å². The van der Waals surface area contributed by atoms with Gasteiger partial charge >= 0.3 is 5.97 Å². The van der Waals surface area contributed by atoms with Gasteiger partial charge in [-0.15, -0.1) is 11.3 Å². The molecular weight excluding hydrogens is 250 g/mol. The van der Waals surface area contributed by atoms with Gasteiger partial charge in [-0.2, -0.15) is 0 Å². The third-order valence-electron chi connectivity index (χ3n) is 2.01. The quantitative estimate of drug-likeness (QED) is 0.894. The minimum Gasteiger partial charge on any atom is -0.476 e. The van der Waals surface area contributed by atoms with Crippen LogP contribution < -0.4 is 0 Å². The predicted molar refractivity (Wildman–Crippen MR) is 61.5 cm³/mol. The summed E-state index contributed by atoms with van der Waals surface area (Å²) in [4.78, 5) is 14.3. The highest BCUT2D eigenvalue weighted by Gasteiger charge is 2.30. The van der Waals surface area contributed by atoms with Crippen LogP contribution in [0.4, 0.5) is 0 Å². The first kappa shape index (κ1) is 13.1. The molecule has 0 saturated heterocycles. The first-order valence-electron chi connectivity index (χ1n) is 4.53. The monoisotopic (exact) mass is 263 g/mol. The number of sulfone groups is 1. The first-order valence-corrected chi connectivity index (χ1v) is 7.07. The van der Waals surface area contributed by atoms with Crippen molar-refractivity contribution < 1.29 is 18.3 Å². The van der Waals surface area contributed by atoms with E-state index in [2.05, 4.69) is 4.98 Å². The summed E-state index contributed by atoms with van der Waals surface area (Å²) < 4.78 is 22.8. The number of thiazole rings is 1. The molecular formula is C9H13NO4S2. The van der Waals surface area contributed by atoms with Crippen LogP contribution in [0.25, 0.3) is 0 Å². The lowest BCUT2D eigenvalue weighted by Crippen LogP contribution is -2.29. The molecule has 1 rings (SSSR count). The topological polar surface area (TPSA) is 84.3 Å². The van der Waals surface area contributed by atoms with Gasteiger partial charge in [0.25, 0.3) is 0 Å². The van der Waals surface area contributed by atoms with E-state index in [1.54, 1.807) is 20.8 Å². The molecule has 7 heteroatoms. The molecule has 0 saturated carbocycles. The number of aromatic nitrogens is 1. The lowest BCUT2D eigenvalue weighted by Gasteiger charge is -2.18. The Morgan fingerprint density at radius 1 is 1.50 bits per heavy atom. The Morgan fingerprint density at radius 2 is 2.06 bits per heavy atom. The van der Waals surface area contributed by atoms with E-state index in [4.69, 9.17) is 5.11 Å². The van der Waals surface area contributed by atoms with E-state index < -0.39 is 20.6 Å². The zero-order valence-electron chi connectivity index (χ0n) is 9.22. The summed E-state index contributed by atoms with van der Waals surface area (Å²) in [6, 6.07) is 0. The number of carboxylic acid groups (broad SMARTS) is 1. The molecule has 1 N–H and O–H groups in total. The summed E-state index contributed by atoms with van der Waals surface area (Å²) in [6.07, 6.45) is 0. The van der Waals surface area contributed by atoms with E-state index in [1.807, 2.05) is 0 Å². The van der Waals surface area contributed by atoms with E-state index in [1.165, 1.54) is 5.38 Å². The SMILES string of the molecule is CC(C)(C)S(=O)(=O)Cc1csc(C(=O)O)n1. The molecule has 0 aliphatic rings. The second-order valence-corrected chi connectivity index (χ2v) is 7.92. The fraction of sp³-hybridized carbons (Fsp3) is 0.556. The number of rotatable bonds is 3. The highest BCUT2D eigenvalue weighted by Crippen LogP contribution is 2.21. The van der Waals surface area contributed by atoms with Crippen molar-refractivity contribution >= 4 is 27.1 Å². The highest BCUT2D eigenvalue weighted by molar-refractivity contribution is 7.91. The highest BCUT2D eigenvalue weighted by atomic mass is 32.2. The number of hydrogen-bond acceptors (Lipinski definition) is 5. The van der Waals surface area contributed by atoms with Crippen LogP contribution in [0.15, 0.2) is 5.38 Å².